The van der Waals surface area contributed by atoms with Crippen LogP contribution in [0.4, 0.5) is 0 Å². The zero-order valence-electron chi connectivity index (χ0n) is 12.5. The topological polar surface area (TPSA) is 60.9 Å². The van der Waals surface area contributed by atoms with E-state index in [9.17, 15) is 0 Å². The van der Waals surface area contributed by atoms with E-state index in [4.69, 9.17) is 0 Å². The van der Waals surface area contributed by atoms with Crippen molar-refractivity contribution < 1.29 is 0 Å². The normalized spacial score (nSPS) is 11.5. The van der Waals surface area contributed by atoms with Crippen molar-refractivity contribution in [2.45, 2.75) is 20.8 Å². The lowest BCUT2D eigenvalue weighted by Gasteiger charge is -2.03. The van der Waals surface area contributed by atoms with Crippen LogP contribution in [-0.4, -0.2) is 30.9 Å². The zero-order chi connectivity index (χ0) is 15.7. The van der Waals surface area contributed by atoms with Crippen LogP contribution in [0.15, 0.2) is 39.9 Å². The van der Waals surface area contributed by atoms with Gasteiger partial charge in [0, 0.05) is 10.2 Å². The minimum Gasteiger partial charge on any atom is -0.202 e. The summed E-state index contributed by atoms with van der Waals surface area (Å²) in [5.41, 5.74) is 2.92. The van der Waals surface area contributed by atoms with Crippen molar-refractivity contribution in [2.75, 3.05) is 0 Å². The highest BCUT2D eigenvalue weighted by atomic mass is 79.9. The molecule has 0 aliphatic carbocycles. The number of benzene rings is 1. The van der Waals surface area contributed by atoms with Crippen molar-refractivity contribution in [3.05, 3.63) is 57.6 Å². The number of rotatable bonds is 3. The number of aromatic nitrogens is 5. The van der Waals surface area contributed by atoms with Crippen molar-refractivity contribution in [3.63, 3.8) is 0 Å². The van der Waals surface area contributed by atoms with E-state index in [1.165, 1.54) is 0 Å². The van der Waals surface area contributed by atoms with Crippen LogP contribution in [0, 0.1) is 20.8 Å². The molecule has 0 radical (unpaired) electrons. The van der Waals surface area contributed by atoms with E-state index in [0.717, 1.165) is 21.4 Å². The monoisotopic (exact) mass is 358 g/mol. The highest BCUT2D eigenvalue weighted by Gasteiger charge is 2.13. The number of nitrogens with zero attached hydrogens (tertiary/aromatic N) is 6. The molecule has 0 spiro atoms. The van der Waals surface area contributed by atoms with Crippen LogP contribution in [0.2, 0.25) is 0 Å². The Morgan fingerprint density at radius 3 is 2.45 bits per heavy atom. The first-order chi connectivity index (χ1) is 10.5. The van der Waals surface area contributed by atoms with Crippen molar-refractivity contribution in [2.24, 2.45) is 5.10 Å². The van der Waals surface area contributed by atoms with Gasteiger partial charge >= 0.3 is 0 Å². The molecule has 0 fully saturated rings. The van der Waals surface area contributed by atoms with Crippen molar-refractivity contribution in [1.82, 2.24) is 24.7 Å². The molecule has 2 aromatic heterocycles. The molecule has 2 heterocycles. The Morgan fingerprint density at radius 1 is 1.09 bits per heavy atom. The van der Waals surface area contributed by atoms with Gasteiger partial charge in [-0.1, -0.05) is 28.1 Å². The molecular formula is C15H15BrN6. The van der Waals surface area contributed by atoms with Crippen LogP contribution < -0.4 is 0 Å². The smallest absolute Gasteiger partial charge is 0.202 e. The van der Waals surface area contributed by atoms with Gasteiger partial charge in [-0.25, -0.2) is 4.68 Å². The summed E-state index contributed by atoms with van der Waals surface area (Å²) in [5.74, 6) is 1.28. The van der Waals surface area contributed by atoms with Gasteiger partial charge in [0.15, 0.2) is 5.82 Å². The van der Waals surface area contributed by atoms with E-state index in [-0.39, 0.29) is 0 Å². The lowest BCUT2D eigenvalue weighted by atomic mass is 10.2. The van der Waals surface area contributed by atoms with Crippen LogP contribution in [0.25, 0.3) is 5.95 Å². The van der Waals surface area contributed by atoms with Crippen LogP contribution in [0.5, 0.6) is 0 Å². The second kappa shape index (κ2) is 5.84. The summed E-state index contributed by atoms with van der Waals surface area (Å²) < 4.78 is 4.46. The average molecular weight is 359 g/mol. The maximum absolute atomic E-state index is 4.48. The van der Waals surface area contributed by atoms with Crippen LogP contribution >= 0.6 is 15.9 Å². The quantitative estimate of drug-likeness (QED) is 0.676. The molecule has 0 amide bonds. The summed E-state index contributed by atoms with van der Waals surface area (Å²) in [6, 6.07) is 9.91. The molecule has 0 saturated carbocycles. The third-order valence-corrected chi connectivity index (χ3v) is 3.70. The van der Waals surface area contributed by atoms with E-state index >= 15 is 0 Å². The third-order valence-electron chi connectivity index (χ3n) is 3.17. The van der Waals surface area contributed by atoms with Crippen LogP contribution in [-0.2, 0) is 0 Å². The van der Waals surface area contributed by atoms with Crippen LogP contribution in [0.3, 0.4) is 0 Å². The second-order valence-corrected chi connectivity index (χ2v) is 5.91. The lowest BCUT2D eigenvalue weighted by Crippen LogP contribution is -2.07. The molecule has 6 nitrogen and oxygen atoms in total. The zero-order valence-corrected chi connectivity index (χ0v) is 14.1. The summed E-state index contributed by atoms with van der Waals surface area (Å²) in [5, 5.41) is 17.2. The van der Waals surface area contributed by atoms with Gasteiger partial charge in [-0.2, -0.15) is 14.9 Å². The predicted octanol–water partition coefficient (Wildman–Crippen LogP) is 3.03. The van der Waals surface area contributed by atoms with Gasteiger partial charge in [-0.15, -0.1) is 10.2 Å². The Labute approximate surface area is 136 Å². The van der Waals surface area contributed by atoms with Gasteiger partial charge < -0.3 is 0 Å². The molecule has 0 saturated heterocycles. The SMILES string of the molecule is Cc1cc(C)n(-c2nnc(C)n2/N=C/c2ccc(Br)cc2)n1. The largest absolute Gasteiger partial charge is 0.273 e. The van der Waals surface area contributed by atoms with Gasteiger partial charge in [0.05, 0.1) is 11.9 Å². The molecule has 112 valence electrons. The first-order valence-electron chi connectivity index (χ1n) is 6.80. The fourth-order valence-electron chi connectivity index (χ4n) is 2.12. The van der Waals surface area contributed by atoms with E-state index < -0.39 is 0 Å². The molecule has 0 unspecified atom stereocenters. The number of hydrogen-bond donors (Lipinski definition) is 0. The minimum absolute atomic E-state index is 0.580. The van der Waals surface area contributed by atoms with Gasteiger partial charge in [0.2, 0.25) is 0 Å². The molecule has 1 aromatic carbocycles. The highest BCUT2D eigenvalue weighted by Crippen LogP contribution is 2.12. The van der Waals surface area contributed by atoms with E-state index in [2.05, 4.69) is 36.3 Å². The Hall–Kier alpha value is -2.28. The van der Waals surface area contributed by atoms with Gasteiger partial charge in [0.25, 0.3) is 5.95 Å². The Morgan fingerprint density at radius 2 is 1.82 bits per heavy atom. The molecule has 3 rings (SSSR count). The van der Waals surface area contributed by atoms with Gasteiger partial charge in [-0.05, 0) is 44.5 Å². The number of halogens is 1. The van der Waals surface area contributed by atoms with Crippen LogP contribution in [0.1, 0.15) is 22.8 Å². The van der Waals surface area contributed by atoms with Gasteiger partial charge in [0.1, 0.15) is 0 Å². The predicted molar refractivity (Wildman–Crippen MR) is 88.5 cm³/mol. The molecule has 0 bridgehead atoms. The number of hydrogen-bond acceptors (Lipinski definition) is 4. The fourth-order valence-corrected chi connectivity index (χ4v) is 2.38. The molecule has 3 aromatic rings. The van der Waals surface area contributed by atoms with E-state index in [0.29, 0.717) is 11.8 Å². The highest BCUT2D eigenvalue weighted by molar-refractivity contribution is 9.10. The molecule has 0 aliphatic heterocycles. The molecule has 7 heteroatoms. The standard InChI is InChI=1S/C15H15BrN6/c1-10-8-11(2)21(20-10)15-19-18-12(3)22(15)17-9-13-4-6-14(16)7-5-13/h4-9H,1-3H3/b17-9+. The van der Waals surface area contributed by atoms with Gasteiger partial charge in [-0.3, -0.25) is 0 Å². The van der Waals surface area contributed by atoms with Crippen molar-refractivity contribution in [3.8, 4) is 5.95 Å². The summed E-state index contributed by atoms with van der Waals surface area (Å²) in [6.45, 7) is 5.79. The maximum Gasteiger partial charge on any atom is 0.273 e. The Bertz CT molecular complexity index is 828. The fraction of sp³-hybridized carbons (Fsp3) is 0.200. The first kappa shape index (κ1) is 14.6. The first-order valence-corrected chi connectivity index (χ1v) is 7.59. The minimum atomic E-state index is 0.580. The molecule has 0 aliphatic rings. The third kappa shape index (κ3) is 2.85. The Balaban J connectivity index is 1.99. The lowest BCUT2D eigenvalue weighted by molar-refractivity contribution is 0.708. The van der Waals surface area contributed by atoms with E-state index in [1.54, 1.807) is 15.6 Å². The summed E-state index contributed by atoms with van der Waals surface area (Å²) >= 11 is 3.42. The average Bonchev–Trinajstić information content (AvgIpc) is 3.00. The second-order valence-electron chi connectivity index (χ2n) is 4.99. The summed E-state index contributed by atoms with van der Waals surface area (Å²) in [4.78, 5) is 0. The number of aryl methyl sites for hydroxylation is 3. The van der Waals surface area contributed by atoms with Crippen molar-refractivity contribution >= 4 is 22.1 Å². The molecule has 0 N–H and O–H groups in total. The molecular weight excluding hydrogens is 344 g/mol. The molecule has 0 atom stereocenters. The van der Waals surface area contributed by atoms with Crippen molar-refractivity contribution in [1.29, 1.82) is 0 Å². The maximum atomic E-state index is 4.48. The van der Waals surface area contributed by atoms with E-state index in [1.807, 2.05) is 51.1 Å². The molecule has 22 heavy (non-hydrogen) atoms. The Kier molecular flexibility index (Phi) is 3.89. The summed E-state index contributed by atoms with van der Waals surface area (Å²) in [7, 11) is 0. The summed E-state index contributed by atoms with van der Waals surface area (Å²) in [6.07, 6.45) is 1.78.